The number of nitrogens with one attached hydrogen (secondary N) is 1. The van der Waals surface area contributed by atoms with Crippen LogP contribution in [0.15, 0.2) is 24.3 Å². The van der Waals surface area contributed by atoms with E-state index in [9.17, 15) is 4.79 Å². The summed E-state index contributed by atoms with van der Waals surface area (Å²) in [5.41, 5.74) is 1.99. The van der Waals surface area contributed by atoms with Crippen LogP contribution in [0, 0.1) is 0 Å². The molecule has 0 saturated carbocycles. The van der Waals surface area contributed by atoms with Crippen molar-refractivity contribution in [1.29, 1.82) is 0 Å². The fourth-order valence-electron chi connectivity index (χ4n) is 2.06. The summed E-state index contributed by atoms with van der Waals surface area (Å²) in [6.45, 7) is 3.63. The van der Waals surface area contributed by atoms with Gasteiger partial charge in [0.15, 0.2) is 0 Å². The number of aliphatic carboxylic acids is 1. The quantitative estimate of drug-likeness (QED) is 0.804. The summed E-state index contributed by atoms with van der Waals surface area (Å²) in [5.74, 6) is 0.0703. The molecule has 0 saturated heterocycles. The molecule has 0 amide bonds. The number of fused-ring (bicyclic) bond motifs is 1. The molecule has 1 aromatic carbocycles. The zero-order chi connectivity index (χ0) is 13.7. The highest BCUT2D eigenvalue weighted by Crippen LogP contribution is 2.20. The largest absolute Gasteiger partial charge is 0.481 e. The number of imidazole rings is 1. The Morgan fingerprint density at radius 2 is 2.21 bits per heavy atom. The lowest BCUT2D eigenvalue weighted by molar-refractivity contribution is -0.137. The van der Waals surface area contributed by atoms with E-state index in [1.165, 1.54) is 0 Å². The van der Waals surface area contributed by atoms with E-state index >= 15 is 0 Å². The molecular formula is C14H19N3O2. The number of hydrogen-bond acceptors (Lipinski definition) is 3. The third-order valence-electron chi connectivity index (χ3n) is 2.96. The van der Waals surface area contributed by atoms with E-state index < -0.39 is 5.97 Å². The smallest absolute Gasteiger partial charge is 0.303 e. The van der Waals surface area contributed by atoms with Gasteiger partial charge in [0.25, 0.3) is 0 Å². The molecule has 1 heterocycles. The molecule has 19 heavy (non-hydrogen) atoms. The standard InChI is InChI=1S/C14H19N3O2/c1-2-9-15-14-16-11-6-3-4-7-12(11)17(14)10-5-8-13(18)19/h3-4,6-7H,2,5,8-10H2,1H3,(H,15,16)(H,18,19). The fraction of sp³-hybridized carbons (Fsp3) is 0.429. The van der Waals surface area contributed by atoms with Gasteiger partial charge < -0.3 is 15.0 Å². The van der Waals surface area contributed by atoms with Crippen LogP contribution < -0.4 is 5.32 Å². The maximum Gasteiger partial charge on any atom is 0.303 e. The number of carboxylic acid groups (broad SMARTS) is 1. The van der Waals surface area contributed by atoms with Crippen LogP contribution in [0.2, 0.25) is 0 Å². The van der Waals surface area contributed by atoms with Crippen molar-refractivity contribution in [3.8, 4) is 0 Å². The van der Waals surface area contributed by atoms with Crippen molar-refractivity contribution in [2.45, 2.75) is 32.7 Å². The molecule has 1 aromatic heterocycles. The van der Waals surface area contributed by atoms with Crippen molar-refractivity contribution in [3.05, 3.63) is 24.3 Å². The molecule has 0 bridgehead atoms. The maximum atomic E-state index is 10.6. The van der Waals surface area contributed by atoms with Crippen LogP contribution in [0.5, 0.6) is 0 Å². The molecule has 0 spiro atoms. The van der Waals surface area contributed by atoms with E-state index in [2.05, 4.69) is 21.8 Å². The molecule has 0 aliphatic carbocycles. The minimum absolute atomic E-state index is 0.180. The molecule has 102 valence electrons. The van der Waals surface area contributed by atoms with Crippen LogP contribution in [-0.4, -0.2) is 27.2 Å². The average Bonchev–Trinajstić information content (AvgIpc) is 2.74. The van der Waals surface area contributed by atoms with Gasteiger partial charge in [0, 0.05) is 19.5 Å². The molecule has 5 nitrogen and oxygen atoms in total. The first-order valence-corrected chi connectivity index (χ1v) is 6.63. The highest BCUT2D eigenvalue weighted by molar-refractivity contribution is 5.78. The maximum absolute atomic E-state index is 10.6. The number of anilines is 1. The number of carboxylic acids is 1. The Kier molecular flexibility index (Phi) is 4.39. The second-order valence-electron chi connectivity index (χ2n) is 4.50. The zero-order valence-corrected chi connectivity index (χ0v) is 11.1. The molecule has 0 aliphatic rings. The lowest BCUT2D eigenvalue weighted by Gasteiger charge is -2.09. The summed E-state index contributed by atoms with van der Waals surface area (Å²) >= 11 is 0. The number of hydrogen-bond donors (Lipinski definition) is 2. The Morgan fingerprint density at radius 1 is 1.42 bits per heavy atom. The van der Waals surface area contributed by atoms with E-state index in [1.807, 2.05) is 24.3 Å². The Balaban J connectivity index is 2.23. The van der Waals surface area contributed by atoms with Crippen molar-refractivity contribution < 1.29 is 9.90 Å². The van der Waals surface area contributed by atoms with Gasteiger partial charge in [-0.3, -0.25) is 4.79 Å². The highest BCUT2D eigenvalue weighted by atomic mass is 16.4. The van der Waals surface area contributed by atoms with Crippen LogP contribution in [0.25, 0.3) is 11.0 Å². The molecule has 2 aromatic rings. The van der Waals surface area contributed by atoms with Gasteiger partial charge in [-0.2, -0.15) is 0 Å². The number of para-hydroxylation sites is 2. The van der Waals surface area contributed by atoms with E-state index in [0.717, 1.165) is 29.9 Å². The van der Waals surface area contributed by atoms with Crippen molar-refractivity contribution in [2.75, 3.05) is 11.9 Å². The third kappa shape index (κ3) is 3.24. The lowest BCUT2D eigenvalue weighted by Crippen LogP contribution is -2.09. The molecule has 2 rings (SSSR count). The van der Waals surface area contributed by atoms with Crippen molar-refractivity contribution in [1.82, 2.24) is 9.55 Å². The summed E-state index contributed by atoms with van der Waals surface area (Å²) in [6, 6.07) is 7.92. The Hall–Kier alpha value is -2.04. The van der Waals surface area contributed by atoms with E-state index in [-0.39, 0.29) is 6.42 Å². The normalized spacial score (nSPS) is 10.8. The van der Waals surface area contributed by atoms with Crippen LogP contribution in [0.4, 0.5) is 5.95 Å². The molecule has 2 N–H and O–H groups in total. The SMILES string of the molecule is CCCNc1nc2ccccc2n1CCCC(=O)O. The van der Waals surface area contributed by atoms with Gasteiger partial charge in [-0.1, -0.05) is 19.1 Å². The summed E-state index contributed by atoms with van der Waals surface area (Å²) in [4.78, 5) is 15.2. The monoisotopic (exact) mass is 261 g/mol. The summed E-state index contributed by atoms with van der Waals surface area (Å²) in [6.07, 6.45) is 1.81. The molecule has 0 unspecified atom stereocenters. The second kappa shape index (κ2) is 6.22. The van der Waals surface area contributed by atoms with Gasteiger partial charge in [0.2, 0.25) is 5.95 Å². The molecule has 0 atom stereocenters. The van der Waals surface area contributed by atoms with Gasteiger partial charge in [-0.05, 0) is 25.0 Å². The average molecular weight is 261 g/mol. The van der Waals surface area contributed by atoms with Crippen molar-refractivity contribution in [3.63, 3.8) is 0 Å². The van der Waals surface area contributed by atoms with E-state index in [0.29, 0.717) is 13.0 Å². The molecule has 0 fully saturated rings. The van der Waals surface area contributed by atoms with Gasteiger partial charge in [0.05, 0.1) is 11.0 Å². The first-order valence-electron chi connectivity index (χ1n) is 6.63. The van der Waals surface area contributed by atoms with E-state index in [4.69, 9.17) is 5.11 Å². The second-order valence-corrected chi connectivity index (χ2v) is 4.50. The Morgan fingerprint density at radius 3 is 2.95 bits per heavy atom. The van der Waals surface area contributed by atoms with Crippen molar-refractivity contribution >= 4 is 23.0 Å². The van der Waals surface area contributed by atoms with Crippen LogP contribution >= 0.6 is 0 Å². The molecule has 5 heteroatoms. The van der Waals surface area contributed by atoms with Crippen LogP contribution in [-0.2, 0) is 11.3 Å². The minimum atomic E-state index is -0.757. The Labute approximate surface area is 112 Å². The number of benzene rings is 1. The van der Waals surface area contributed by atoms with Gasteiger partial charge in [-0.15, -0.1) is 0 Å². The number of carbonyl (C=O) groups is 1. The summed E-state index contributed by atoms with van der Waals surface area (Å²) in [7, 11) is 0. The topological polar surface area (TPSA) is 67.2 Å². The number of aromatic nitrogens is 2. The predicted molar refractivity (Wildman–Crippen MR) is 75.4 cm³/mol. The molecule has 0 radical (unpaired) electrons. The molecule has 0 aliphatic heterocycles. The summed E-state index contributed by atoms with van der Waals surface area (Å²) < 4.78 is 2.06. The number of aryl methyl sites for hydroxylation is 1. The highest BCUT2D eigenvalue weighted by Gasteiger charge is 2.09. The lowest BCUT2D eigenvalue weighted by atomic mass is 10.3. The van der Waals surface area contributed by atoms with E-state index in [1.54, 1.807) is 0 Å². The van der Waals surface area contributed by atoms with Crippen LogP contribution in [0.3, 0.4) is 0 Å². The van der Waals surface area contributed by atoms with Gasteiger partial charge in [-0.25, -0.2) is 4.98 Å². The van der Waals surface area contributed by atoms with Crippen LogP contribution in [0.1, 0.15) is 26.2 Å². The predicted octanol–water partition coefficient (Wildman–Crippen LogP) is 2.72. The zero-order valence-electron chi connectivity index (χ0n) is 11.1. The van der Waals surface area contributed by atoms with Crippen molar-refractivity contribution in [2.24, 2.45) is 0 Å². The first-order chi connectivity index (χ1) is 9.22. The number of nitrogens with zero attached hydrogens (tertiary/aromatic N) is 2. The molecular weight excluding hydrogens is 242 g/mol. The van der Waals surface area contributed by atoms with Gasteiger partial charge >= 0.3 is 5.97 Å². The first kappa shape index (κ1) is 13.4. The number of rotatable bonds is 7. The third-order valence-corrected chi connectivity index (χ3v) is 2.96. The van der Waals surface area contributed by atoms with Gasteiger partial charge in [0.1, 0.15) is 0 Å². The minimum Gasteiger partial charge on any atom is -0.481 e. The Bertz CT molecular complexity index is 563. The summed E-state index contributed by atoms with van der Waals surface area (Å²) in [5, 5.41) is 12.0. The fourth-order valence-corrected chi connectivity index (χ4v) is 2.06.